The Labute approximate surface area is 151 Å². The third-order valence-corrected chi connectivity index (χ3v) is 7.53. The van der Waals surface area contributed by atoms with Crippen molar-refractivity contribution in [3.8, 4) is 0 Å². The molecule has 25 heavy (non-hydrogen) atoms. The van der Waals surface area contributed by atoms with Crippen LogP contribution in [0.1, 0.15) is 51.5 Å². The van der Waals surface area contributed by atoms with Gasteiger partial charge in [-0.1, -0.05) is 26.7 Å². The number of amides is 1. The van der Waals surface area contributed by atoms with Crippen molar-refractivity contribution < 1.29 is 13.2 Å². The van der Waals surface area contributed by atoms with E-state index in [9.17, 15) is 13.2 Å². The van der Waals surface area contributed by atoms with E-state index in [0.29, 0.717) is 18.0 Å². The van der Waals surface area contributed by atoms with Crippen LogP contribution in [0.4, 0.5) is 5.69 Å². The normalized spacial score (nSPS) is 18.6. The maximum absolute atomic E-state index is 12.8. The summed E-state index contributed by atoms with van der Waals surface area (Å²) < 4.78 is 27.0. The van der Waals surface area contributed by atoms with Gasteiger partial charge in [0.1, 0.15) is 0 Å². The molecule has 5 nitrogen and oxygen atoms in total. The average Bonchev–Trinajstić information content (AvgIpc) is 3.15. The van der Waals surface area contributed by atoms with Crippen molar-refractivity contribution in [3.05, 3.63) is 23.8 Å². The van der Waals surface area contributed by atoms with Gasteiger partial charge in [-0.15, -0.1) is 0 Å². The van der Waals surface area contributed by atoms with Gasteiger partial charge in [-0.05, 0) is 49.4 Å². The molecule has 1 aromatic rings. The Hall–Kier alpha value is -1.40. The zero-order valence-corrected chi connectivity index (χ0v) is 16.0. The third kappa shape index (κ3) is 3.47. The zero-order valence-electron chi connectivity index (χ0n) is 15.2. The summed E-state index contributed by atoms with van der Waals surface area (Å²) in [6.45, 7) is 5.36. The van der Waals surface area contributed by atoms with Gasteiger partial charge in [-0.3, -0.25) is 4.79 Å². The fraction of sp³-hybridized carbons (Fsp3) is 0.632. The second kappa shape index (κ2) is 7.46. The summed E-state index contributed by atoms with van der Waals surface area (Å²) >= 11 is 0. The Morgan fingerprint density at radius 1 is 1.16 bits per heavy atom. The van der Waals surface area contributed by atoms with E-state index in [1.165, 1.54) is 4.31 Å². The molecule has 3 rings (SSSR count). The molecule has 1 aliphatic heterocycles. The van der Waals surface area contributed by atoms with Crippen LogP contribution in [-0.2, 0) is 21.2 Å². The van der Waals surface area contributed by atoms with Gasteiger partial charge in [0.2, 0.25) is 15.9 Å². The molecule has 1 aromatic carbocycles. The standard InChI is InChI=1S/C19H28N2O3S/c1-3-20(4-2)25(23,24)17-11-12-18-16(14-17)10-7-13-21(18)19(22)15-8-5-6-9-15/h11-12,14-15H,3-10,13H2,1-2H3. The molecule has 138 valence electrons. The van der Waals surface area contributed by atoms with E-state index in [1.54, 1.807) is 12.1 Å². The lowest BCUT2D eigenvalue weighted by Crippen LogP contribution is -2.39. The van der Waals surface area contributed by atoms with Crippen molar-refractivity contribution in [2.24, 2.45) is 5.92 Å². The van der Waals surface area contributed by atoms with Gasteiger partial charge in [0.15, 0.2) is 0 Å². The molecule has 0 saturated heterocycles. The van der Waals surface area contributed by atoms with E-state index in [-0.39, 0.29) is 11.8 Å². The molecule has 6 heteroatoms. The number of aryl methyl sites for hydroxylation is 1. The second-order valence-corrected chi connectivity index (χ2v) is 8.89. The largest absolute Gasteiger partial charge is 0.312 e. The Balaban J connectivity index is 1.91. The molecular formula is C19H28N2O3S. The van der Waals surface area contributed by atoms with Crippen molar-refractivity contribution in [1.29, 1.82) is 0 Å². The van der Waals surface area contributed by atoms with Crippen LogP contribution in [0.25, 0.3) is 0 Å². The van der Waals surface area contributed by atoms with Crippen LogP contribution in [0.15, 0.2) is 23.1 Å². The van der Waals surface area contributed by atoms with Crippen LogP contribution in [0.2, 0.25) is 0 Å². The predicted octanol–water partition coefficient (Wildman–Crippen LogP) is 3.19. The van der Waals surface area contributed by atoms with E-state index in [0.717, 1.165) is 56.3 Å². The smallest absolute Gasteiger partial charge is 0.243 e. The minimum Gasteiger partial charge on any atom is -0.312 e. The summed E-state index contributed by atoms with van der Waals surface area (Å²) in [5.41, 5.74) is 1.88. The first-order valence-corrected chi connectivity index (χ1v) is 10.9. The zero-order chi connectivity index (χ0) is 18.0. The van der Waals surface area contributed by atoms with Crippen molar-refractivity contribution in [1.82, 2.24) is 4.31 Å². The van der Waals surface area contributed by atoms with E-state index < -0.39 is 10.0 Å². The number of nitrogens with zero attached hydrogens (tertiary/aromatic N) is 2. The molecule has 1 saturated carbocycles. The van der Waals surface area contributed by atoms with Crippen molar-refractivity contribution >= 4 is 21.6 Å². The van der Waals surface area contributed by atoms with Crippen LogP contribution >= 0.6 is 0 Å². The SMILES string of the molecule is CCN(CC)S(=O)(=O)c1ccc2c(c1)CCCN2C(=O)C1CCCC1. The van der Waals surface area contributed by atoms with Gasteiger partial charge < -0.3 is 4.90 Å². The second-order valence-electron chi connectivity index (χ2n) is 6.95. The topological polar surface area (TPSA) is 57.7 Å². The quantitative estimate of drug-likeness (QED) is 0.806. The number of hydrogen-bond donors (Lipinski definition) is 0. The summed E-state index contributed by atoms with van der Waals surface area (Å²) in [5.74, 6) is 0.364. The van der Waals surface area contributed by atoms with Gasteiger partial charge in [0, 0.05) is 31.2 Å². The number of hydrogen-bond acceptors (Lipinski definition) is 3. The lowest BCUT2D eigenvalue weighted by atomic mass is 9.99. The van der Waals surface area contributed by atoms with Crippen molar-refractivity contribution in [2.75, 3.05) is 24.5 Å². The van der Waals surface area contributed by atoms with Crippen molar-refractivity contribution in [2.45, 2.75) is 57.3 Å². The van der Waals surface area contributed by atoms with E-state index >= 15 is 0 Å². The predicted molar refractivity (Wildman–Crippen MR) is 99.2 cm³/mol. The Bertz CT molecular complexity index is 735. The van der Waals surface area contributed by atoms with Crippen molar-refractivity contribution in [3.63, 3.8) is 0 Å². The maximum Gasteiger partial charge on any atom is 0.243 e. The molecule has 1 aliphatic carbocycles. The first-order valence-electron chi connectivity index (χ1n) is 9.43. The third-order valence-electron chi connectivity index (χ3n) is 5.48. The van der Waals surface area contributed by atoms with Gasteiger partial charge >= 0.3 is 0 Å². The fourth-order valence-corrected chi connectivity index (χ4v) is 5.58. The molecule has 1 heterocycles. The Kier molecular flexibility index (Phi) is 5.49. The molecule has 0 N–H and O–H groups in total. The first-order chi connectivity index (χ1) is 12.0. The fourth-order valence-electron chi connectivity index (χ4n) is 4.07. The highest BCUT2D eigenvalue weighted by atomic mass is 32.2. The minimum atomic E-state index is -3.46. The lowest BCUT2D eigenvalue weighted by Gasteiger charge is -2.32. The summed E-state index contributed by atoms with van der Waals surface area (Å²) in [6, 6.07) is 5.27. The monoisotopic (exact) mass is 364 g/mol. The number of carbonyl (C=O) groups is 1. The summed E-state index contributed by atoms with van der Waals surface area (Å²) in [4.78, 5) is 15.1. The Morgan fingerprint density at radius 3 is 2.48 bits per heavy atom. The number of fused-ring (bicyclic) bond motifs is 1. The summed E-state index contributed by atoms with van der Waals surface area (Å²) in [5, 5.41) is 0. The minimum absolute atomic E-state index is 0.144. The maximum atomic E-state index is 12.8. The number of anilines is 1. The van der Waals surface area contributed by atoms with E-state index in [1.807, 2.05) is 24.8 Å². The molecule has 0 aromatic heterocycles. The first kappa shape index (κ1) is 18.4. The van der Waals surface area contributed by atoms with Gasteiger partial charge in [0.25, 0.3) is 0 Å². The van der Waals surface area contributed by atoms with Crippen LogP contribution in [0.3, 0.4) is 0 Å². The molecule has 0 unspecified atom stereocenters. The highest BCUT2D eigenvalue weighted by Crippen LogP contribution is 2.34. The highest BCUT2D eigenvalue weighted by Gasteiger charge is 2.31. The van der Waals surface area contributed by atoms with Gasteiger partial charge in [0.05, 0.1) is 4.90 Å². The van der Waals surface area contributed by atoms with Crippen LogP contribution < -0.4 is 4.90 Å². The van der Waals surface area contributed by atoms with E-state index in [4.69, 9.17) is 0 Å². The number of benzene rings is 1. The number of sulfonamides is 1. The molecule has 0 atom stereocenters. The van der Waals surface area contributed by atoms with Gasteiger partial charge in [-0.2, -0.15) is 4.31 Å². The number of carbonyl (C=O) groups excluding carboxylic acids is 1. The summed E-state index contributed by atoms with van der Waals surface area (Å²) in [7, 11) is -3.46. The molecule has 0 spiro atoms. The Morgan fingerprint density at radius 2 is 1.84 bits per heavy atom. The molecule has 0 bridgehead atoms. The van der Waals surface area contributed by atoms with Crippen LogP contribution in [0, 0.1) is 5.92 Å². The molecule has 1 amide bonds. The number of rotatable bonds is 5. The lowest BCUT2D eigenvalue weighted by molar-refractivity contribution is -0.122. The van der Waals surface area contributed by atoms with E-state index in [2.05, 4.69) is 0 Å². The van der Waals surface area contributed by atoms with Gasteiger partial charge in [-0.25, -0.2) is 8.42 Å². The van der Waals surface area contributed by atoms with Crippen LogP contribution in [-0.4, -0.2) is 38.3 Å². The molecule has 2 aliphatic rings. The van der Waals surface area contributed by atoms with Crippen LogP contribution in [0.5, 0.6) is 0 Å². The molecule has 0 radical (unpaired) electrons. The highest BCUT2D eigenvalue weighted by molar-refractivity contribution is 7.89. The summed E-state index contributed by atoms with van der Waals surface area (Å²) in [6.07, 6.45) is 5.96. The molecular weight excluding hydrogens is 336 g/mol. The average molecular weight is 365 g/mol. The molecule has 1 fully saturated rings.